The predicted molar refractivity (Wildman–Crippen MR) is 112 cm³/mol. The molecule has 0 spiro atoms. The van der Waals surface area contributed by atoms with E-state index in [2.05, 4.69) is 30.9 Å². The molecule has 4 heterocycles. The maximum absolute atomic E-state index is 11.8. The summed E-state index contributed by atoms with van der Waals surface area (Å²) >= 11 is 0. The minimum Gasteiger partial charge on any atom is -0.444 e. The topological polar surface area (TPSA) is 128 Å². The van der Waals surface area contributed by atoms with E-state index in [1.165, 1.54) is 0 Å². The Labute approximate surface area is 179 Å². The van der Waals surface area contributed by atoms with Crippen molar-refractivity contribution in [3.8, 4) is 0 Å². The third kappa shape index (κ3) is 5.12. The summed E-state index contributed by atoms with van der Waals surface area (Å²) in [6.07, 6.45) is 3.06. The first-order valence-corrected chi connectivity index (χ1v) is 10.3. The fourth-order valence-electron chi connectivity index (χ4n) is 3.35. The number of ether oxygens (including phenoxy) is 3. The molecule has 2 atom stereocenters. The van der Waals surface area contributed by atoms with E-state index in [1.54, 1.807) is 16.9 Å². The van der Waals surface area contributed by atoms with Gasteiger partial charge in [-0.2, -0.15) is 10.2 Å². The maximum atomic E-state index is 11.8. The van der Waals surface area contributed by atoms with Crippen molar-refractivity contribution in [1.29, 1.82) is 0 Å². The molecule has 3 N–H and O–H groups in total. The first kappa shape index (κ1) is 21.1. The highest BCUT2D eigenvalue weighted by Gasteiger charge is 2.31. The number of nitrogens with zero attached hydrogens (tertiary/aromatic N) is 4. The number of anilines is 2. The van der Waals surface area contributed by atoms with Gasteiger partial charge >= 0.3 is 6.09 Å². The van der Waals surface area contributed by atoms with Crippen molar-refractivity contribution in [2.45, 2.75) is 52.0 Å². The van der Waals surface area contributed by atoms with E-state index in [1.807, 2.05) is 32.9 Å². The molecular formula is C20H27N7O4. The van der Waals surface area contributed by atoms with Crippen LogP contribution in [-0.4, -0.2) is 56.2 Å². The lowest BCUT2D eigenvalue weighted by Gasteiger charge is -2.13. The highest BCUT2D eigenvalue weighted by molar-refractivity contribution is 5.72. The molecule has 2 unspecified atom stereocenters. The van der Waals surface area contributed by atoms with Gasteiger partial charge in [-0.25, -0.2) is 14.3 Å². The molecule has 1 fully saturated rings. The molecular weight excluding hydrogens is 402 g/mol. The van der Waals surface area contributed by atoms with E-state index in [-0.39, 0.29) is 18.2 Å². The number of H-pyrrole nitrogens is 1. The molecule has 11 heteroatoms. The summed E-state index contributed by atoms with van der Waals surface area (Å²) in [5.41, 5.74) is 2.45. The van der Waals surface area contributed by atoms with Gasteiger partial charge in [0.05, 0.1) is 24.6 Å². The summed E-state index contributed by atoms with van der Waals surface area (Å²) in [6.45, 7) is 7.13. The molecule has 1 aliphatic rings. The van der Waals surface area contributed by atoms with Gasteiger partial charge in [-0.1, -0.05) is 0 Å². The molecule has 166 valence electrons. The zero-order valence-corrected chi connectivity index (χ0v) is 17.8. The minimum atomic E-state index is -0.431. The number of fused-ring (bicyclic) bond motifs is 1. The molecule has 11 nitrogen and oxygen atoms in total. The number of aromatic nitrogens is 5. The molecule has 4 rings (SSSR count). The van der Waals surface area contributed by atoms with Crippen LogP contribution in [0.2, 0.25) is 0 Å². The van der Waals surface area contributed by atoms with E-state index in [0.29, 0.717) is 37.9 Å². The predicted octanol–water partition coefficient (Wildman–Crippen LogP) is 2.70. The molecule has 31 heavy (non-hydrogen) atoms. The van der Waals surface area contributed by atoms with Gasteiger partial charge in [0.15, 0.2) is 11.6 Å². The fraction of sp³-hybridized carbons (Fsp3) is 0.500. The van der Waals surface area contributed by atoms with E-state index < -0.39 is 6.09 Å². The van der Waals surface area contributed by atoms with Gasteiger partial charge in [-0.05, 0) is 26.8 Å². The van der Waals surface area contributed by atoms with Crippen LogP contribution in [0.25, 0.3) is 5.52 Å². The Morgan fingerprint density at radius 1 is 1.42 bits per heavy atom. The molecule has 0 bridgehead atoms. The minimum absolute atomic E-state index is 0.0240. The highest BCUT2D eigenvalue weighted by atomic mass is 16.6. The van der Waals surface area contributed by atoms with E-state index >= 15 is 0 Å². The summed E-state index contributed by atoms with van der Waals surface area (Å²) < 4.78 is 18.4. The molecule has 1 aliphatic heterocycles. The number of nitrogens with one attached hydrogen (secondary N) is 3. The van der Waals surface area contributed by atoms with Gasteiger partial charge in [0.2, 0.25) is 0 Å². The number of carbonyl (C=O) groups is 1. The normalized spacial score (nSPS) is 18.6. The highest BCUT2D eigenvalue weighted by Crippen LogP contribution is 2.31. The summed E-state index contributed by atoms with van der Waals surface area (Å²) in [6, 6.07) is 3.82. The Balaban J connectivity index is 1.40. The average Bonchev–Trinajstić information content (AvgIpc) is 3.45. The second-order valence-electron chi connectivity index (χ2n) is 7.60. The van der Waals surface area contributed by atoms with Crippen molar-refractivity contribution in [3.63, 3.8) is 0 Å². The Hall–Kier alpha value is -3.18. The Bertz CT molecular complexity index is 1030. The summed E-state index contributed by atoms with van der Waals surface area (Å²) in [5.74, 6) is 1.24. The molecule has 0 radical (unpaired) electrons. The van der Waals surface area contributed by atoms with Crippen LogP contribution in [-0.2, 0) is 20.8 Å². The second kappa shape index (κ2) is 9.31. The lowest BCUT2D eigenvalue weighted by molar-refractivity contribution is 0.0682. The van der Waals surface area contributed by atoms with Gasteiger partial charge < -0.3 is 24.8 Å². The van der Waals surface area contributed by atoms with Gasteiger partial charge in [0.1, 0.15) is 17.7 Å². The third-order valence-corrected chi connectivity index (χ3v) is 4.73. The molecule has 3 aromatic rings. The smallest absolute Gasteiger partial charge is 0.407 e. The third-order valence-electron chi connectivity index (χ3n) is 4.73. The lowest BCUT2D eigenvalue weighted by Crippen LogP contribution is -2.33. The van der Waals surface area contributed by atoms with Crippen LogP contribution in [0.5, 0.6) is 0 Å². The number of aromatic amines is 1. The first-order chi connectivity index (χ1) is 15.0. The van der Waals surface area contributed by atoms with Crippen molar-refractivity contribution in [1.82, 2.24) is 30.1 Å². The number of rotatable bonds is 8. The summed E-state index contributed by atoms with van der Waals surface area (Å²) in [5, 5.41) is 17.7. The lowest BCUT2D eigenvalue weighted by atomic mass is 10.1. The van der Waals surface area contributed by atoms with Gasteiger partial charge in [0.25, 0.3) is 0 Å². The standard InChI is InChI=1S/C20H27N7O4/c1-4-29-10-13-7-16-19(21-5-6-27(16)26-13)23-18-9-15(24-25-18)17-8-14(11-30-17)31-20(28)22-12(2)3/h5-7,9,12,14,17H,4,8,10-11H2,1-3H3,(H,22,28)(H2,21,23,24,25). The van der Waals surface area contributed by atoms with E-state index in [9.17, 15) is 4.79 Å². The van der Waals surface area contributed by atoms with Crippen molar-refractivity contribution < 1.29 is 19.0 Å². The van der Waals surface area contributed by atoms with Crippen LogP contribution >= 0.6 is 0 Å². The van der Waals surface area contributed by atoms with Crippen molar-refractivity contribution in [2.75, 3.05) is 18.5 Å². The van der Waals surface area contributed by atoms with Crippen LogP contribution in [0.4, 0.5) is 16.4 Å². The van der Waals surface area contributed by atoms with Crippen molar-refractivity contribution in [2.24, 2.45) is 0 Å². The monoisotopic (exact) mass is 429 g/mol. The molecule has 0 aromatic carbocycles. The summed E-state index contributed by atoms with van der Waals surface area (Å²) in [4.78, 5) is 16.2. The maximum Gasteiger partial charge on any atom is 0.407 e. The molecule has 0 saturated carbocycles. The number of amides is 1. The average molecular weight is 429 g/mol. The fourth-order valence-corrected chi connectivity index (χ4v) is 3.35. The largest absolute Gasteiger partial charge is 0.444 e. The molecule has 3 aromatic heterocycles. The van der Waals surface area contributed by atoms with Crippen LogP contribution in [0.1, 0.15) is 44.7 Å². The van der Waals surface area contributed by atoms with Gasteiger partial charge in [0, 0.05) is 37.5 Å². The Morgan fingerprint density at radius 3 is 3.10 bits per heavy atom. The van der Waals surface area contributed by atoms with Crippen molar-refractivity contribution in [3.05, 3.63) is 35.9 Å². The number of hydrogen-bond donors (Lipinski definition) is 3. The van der Waals surface area contributed by atoms with Gasteiger partial charge in [-0.15, -0.1) is 0 Å². The number of hydrogen-bond acceptors (Lipinski definition) is 8. The van der Waals surface area contributed by atoms with E-state index in [4.69, 9.17) is 14.2 Å². The second-order valence-corrected chi connectivity index (χ2v) is 7.60. The zero-order chi connectivity index (χ0) is 21.8. The SMILES string of the molecule is CCOCc1cc2c(Nc3cc(C4CC(OC(=O)NC(C)C)CO4)[nH]n3)nccn2n1. The van der Waals surface area contributed by atoms with Crippen molar-refractivity contribution >= 4 is 23.2 Å². The molecule has 1 amide bonds. The zero-order valence-electron chi connectivity index (χ0n) is 17.8. The first-order valence-electron chi connectivity index (χ1n) is 10.3. The van der Waals surface area contributed by atoms with Crippen LogP contribution in [0.15, 0.2) is 24.5 Å². The molecule has 1 saturated heterocycles. The Kier molecular flexibility index (Phi) is 6.33. The van der Waals surface area contributed by atoms with Crippen LogP contribution in [0.3, 0.4) is 0 Å². The van der Waals surface area contributed by atoms with E-state index in [0.717, 1.165) is 16.9 Å². The quantitative estimate of drug-likeness (QED) is 0.499. The van der Waals surface area contributed by atoms with Crippen LogP contribution < -0.4 is 10.6 Å². The summed E-state index contributed by atoms with van der Waals surface area (Å²) in [7, 11) is 0. The van der Waals surface area contributed by atoms with Crippen LogP contribution in [0, 0.1) is 0 Å². The number of alkyl carbamates (subject to hydrolysis) is 1. The molecule has 0 aliphatic carbocycles. The van der Waals surface area contributed by atoms with Gasteiger partial charge in [-0.3, -0.25) is 5.10 Å². The Morgan fingerprint density at radius 2 is 2.29 bits per heavy atom. The number of carbonyl (C=O) groups excluding carboxylic acids is 1.